The molecular formula is C17H13ClF4N4O2. The van der Waals surface area contributed by atoms with Gasteiger partial charge in [0, 0.05) is 5.02 Å². The van der Waals surface area contributed by atoms with Crippen LogP contribution in [0, 0.1) is 5.82 Å². The standard InChI is InChI=1S/C17H13ClF4N4O2/c18-9-3-1-8(2-4-9)14(26-7-13(15(23)27)25-16(26)28)12-5-10(17(20,21)22)11(19)6-24-12/h1-6,13-14H,7H2,(H2,23,27)(H,25,28)/t13?,14-/m1/s1. The molecule has 2 atom stereocenters. The Morgan fingerprint density at radius 2 is 1.96 bits per heavy atom. The van der Waals surface area contributed by atoms with Gasteiger partial charge in [-0.2, -0.15) is 13.2 Å². The largest absolute Gasteiger partial charge is 0.419 e. The van der Waals surface area contributed by atoms with Crippen LogP contribution < -0.4 is 11.1 Å². The molecule has 1 aromatic carbocycles. The normalized spacial score (nSPS) is 18.1. The number of nitrogens with two attached hydrogens (primary N) is 1. The van der Waals surface area contributed by atoms with Crippen molar-refractivity contribution in [2.75, 3.05) is 6.54 Å². The third-order valence-corrected chi connectivity index (χ3v) is 4.49. The number of pyridine rings is 1. The van der Waals surface area contributed by atoms with Gasteiger partial charge in [0.05, 0.1) is 24.0 Å². The van der Waals surface area contributed by atoms with E-state index in [9.17, 15) is 27.2 Å². The molecule has 1 aliphatic rings. The Hall–Kier alpha value is -2.88. The van der Waals surface area contributed by atoms with E-state index in [-0.39, 0.29) is 12.2 Å². The first-order chi connectivity index (χ1) is 13.1. The molecule has 2 aromatic rings. The van der Waals surface area contributed by atoms with Crippen LogP contribution >= 0.6 is 11.6 Å². The van der Waals surface area contributed by atoms with Gasteiger partial charge < -0.3 is 16.0 Å². The van der Waals surface area contributed by atoms with Crippen LogP contribution in [-0.2, 0) is 11.0 Å². The van der Waals surface area contributed by atoms with Crippen LogP contribution in [0.4, 0.5) is 22.4 Å². The summed E-state index contributed by atoms with van der Waals surface area (Å²) in [6, 6.07) is 3.64. The van der Waals surface area contributed by atoms with E-state index < -0.39 is 41.6 Å². The summed E-state index contributed by atoms with van der Waals surface area (Å²) in [5.41, 5.74) is 3.84. The molecule has 6 nitrogen and oxygen atoms in total. The van der Waals surface area contributed by atoms with E-state index in [0.29, 0.717) is 22.8 Å². The lowest BCUT2D eigenvalue weighted by Crippen LogP contribution is -2.39. The highest BCUT2D eigenvalue weighted by Crippen LogP contribution is 2.36. The Morgan fingerprint density at radius 3 is 2.50 bits per heavy atom. The van der Waals surface area contributed by atoms with Gasteiger partial charge in [-0.05, 0) is 23.8 Å². The number of urea groups is 1. The van der Waals surface area contributed by atoms with Gasteiger partial charge in [-0.1, -0.05) is 23.7 Å². The molecule has 28 heavy (non-hydrogen) atoms. The number of nitrogens with zero attached hydrogens (tertiary/aromatic N) is 2. The van der Waals surface area contributed by atoms with Gasteiger partial charge in [0.15, 0.2) is 5.82 Å². The number of nitrogens with one attached hydrogen (secondary N) is 1. The van der Waals surface area contributed by atoms with E-state index >= 15 is 0 Å². The van der Waals surface area contributed by atoms with Crippen LogP contribution in [0.2, 0.25) is 5.02 Å². The fourth-order valence-electron chi connectivity index (χ4n) is 2.92. The molecule has 148 valence electrons. The number of alkyl halides is 3. The number of benzene rings is 1. The molecule has 1 unspecified atom stereocenters. The van der Waals surface area contributed by atoms with Crippen molar-refractivity contribution in [3.8, 4) is 0 Å². The highest BCUT2D eigenvalue weighted by atomic mass is 35.5. The first-order valence-corrected chi connectivity index (χ1v) is 8.30. The van der Waals surface area contributed by atoms with Crippen LogP contribution in [0.1, 0.15) is 22.9 Å². The summed E-state index contributed by atoms with van der Waals surface area (Å²) in [5.74, 6) is -2.33. The Morgan fingerprint density at radius 1 is 1.32 bits per heavy atom. The van der Waals surface area contributed by atoms with Gasteiger partial charge in [0.1, 0.15) is 12.1 Å². The Balaban J connectivity index is 2.11. The third-order valence-electron chi connectivity index (χ3n) is 4.24. The molecule has 1 aliphatic heterocycles. The Kier molecular flexibility index (Phi) is 5.16. The van der Waals surface area contributed by atoms with E-state index in [4.69, 9.17) is 17.3 Å². The Bertz CT molecular complexity index is 920. The lowest BCUT2D eigenvalue weighted by molar-refractivity contribution is -0.140. The second kappa shape index (κ2) is 7.27. The van der Waals surface area contributed by atoms with Crippen molar-refractivity contribution in [3.05, 3.63) is 64.2 Å². The highest BCUT2D eigenvalue weighted by molar-refractivity contribution is 6.30. The van der Waals surface area contributed by atoms with Crippen molar-refractivity contribution >= 4 is 23.5 Å². The maximum absolute atomic E-state index is 13.7. The number of primary amides is 1. The summed E-state index contributed by atoms with van der Waals surface area (Å²) in [4.78, 5) is 28.6. The van der Waals surface area contributed by atoms with Crippen LogP contribution in [0.25, 0.3) is 0 Å². The van der Waals surface area contributed by atoms with Crippen molar-refractivity contribution in [2.24, 2.45) is 5.73 Å². The van der Waals surface area contributed by atoms with Crippen LogP contribution in [0.5, 0.6) is 0 Å². The van der Waals surface area contributed by atoms with Gasteiger partial charge in [0.25, 0.3) is 0 Å². The van der Waals surface area contributed by atoms with E-state index in [1.165, 1.54) is 24.3 Å². The average molecular weight is 417 g/mol. The number of rotatable bonds is 4. The number of carbonyl (C=O) groups excluding carboxylic acids is 2. The molecule has 3 amide bonds. The molecular weight excluding hydrogens is 404 g/mol. The average Bonchev–Trinajstić information content (AvgIpc) is 2.99. The Labute approximate surface area is 161 Å². The van der Waals surface area contributed by atoms with Gasteiger partial charge in [-0.15, -0.1) is 0 Å². The quantitative estimate of drug-likeness (QED) is 0.751. The van der Waals surface area contributed by atoms with Gasteiger partial charge in [-0.25, -0.2) is 9.18 Å². The first-order valence-electron chi connectivity index (χ1n) is 7.92. The maximum atomic E-state index is 13.7. The molecule has 0 radical (unpaired) electrons. The van der Waals surface area contributed by atoms with Crippen molar-refractivity contribution in [2.45, 2.75) is 18.3 Å². The molecule has 0 saturated carbocycles. The van der Waals surface area contributed by atoms with Crippen molar-refractivity contribution in [1.82, 2.24) is 15.2 Å². The van der Waals surface area contributed by atoms with Crippen molar-refractivity contribution in [3.63, 3.8) is 0 Å². The zero-order valence-corrected chi connectivity index (χ0v) is 14.8. The summed E-state index contributed by atoms with van der Waals surface area (Å²) < 4.78 is 53.0. The number of hydrogen-bond donors (Lipinski definition) is 2. The summed E-state index contributed by atoms with van der Waals surface area (Å²) in [5, 5.41) is 2.72. The summed E-state index contributed by atoms with van der Waals surface area (Å²) in [6.45, 7) is -0.193. The molecule has 0 aliphatic carbocycles. The number of amides is 3. The molecule has 0 bridgehead atoms. The highest BCUT2D eigenvalue weighted by Gasteiger charge is 2.40. The van der Waals surface area contributed by atoms with E-state index in [1.807, 2.05) is 0 Å². The van der Waals surface area contributed by atoms with E-state index in [1.54, 1.807) is 0 Å². The van der Waals surface area contributed by atoms with Crippen LogP contribution in [-0.4, -0.2) is 34.4 Å². The molecule has 3 N–H and O–H groups in total. The summed E-state index contributed by atoms with van der Waals surface area (Å²) >= 11 is 5.85. The number of carbonyl (C=O) groups is 2. The zero-order valence-electron chi connectivity index (χ0n) is 14.0. The monoisotopic (exact) mass is 416 g/mol. The molecule has 0 spiro atoms. The molecule has 11 heteroatoms. The number of aromatic nitrogens is 1. The summed E-state index contributed by atoms with van der Waals surface area (Å²) in [6.07, 6.45) is -4.50. The zero-order chi connectivity index (χ0) is 20.6. The van der Waals surface area contributed by atoms with Gasteiger partial charge >= 0.3 is 12.2 Å². The minimum absolute atomic E-state index is 0.193. The predicted molar refractivity (Wildman–Crippen MR) is 90.7 cm³/mol. The van der Waals surface area contributed by atoms with Gasteiger partial charge in [0.2, 0.25) is 5.91 Å². The SMILES string of the molecule is NC(=O)C1CN([C@H](c2ccc(Cl)cc2)c2cc(C(F)(F)F)c(F)cn2)C(=O)N1. The fourth-order valence-corrected chi connectivity index (χ4v) is 3.04. The van der Waals surface area contributed by atoms with E-state index in [0.717, 1.165) is 4.90 Å². The lowest BCUT2D eigenvalue weighted by atomic mass is 10.00. The fraction of sp³-hybridized carbons (Fsp3) is 0.235. The summed E-state index contributed by atoms with van der Waals surface area (Å²) in [7, 11) is 0. The topological polar surface area (TPSA) is 88.3 Å². The smallest absolute Gasteiger partial charge is 0.368 e. The minimum Gasteiger partial charge on any atom is -0.368 e. The lowest BCUT2D eigenvalue weighted by Gasteiger charge is -2.27. The third kappa shape index (κ3) is 3.86. The van der Waals surface area contributed by atoms with E-state index in [2.05, 4.69) is 10.3 Å². The van der Waals surface area contributed by atoms with Gasteiger partial charge in [-0.3, -0.25) is 9.78 Å². The molecule has 1 saturated heterocycles. The molecule has 2 heterocycles. The molecule has 1 fully saturated rings. The second-order valence-corrected chi connectivity index (χ2v) is 6.53. The number of hydrogen-bond acceptors (Lipinski definition) is 3. The minimum atomic E-state index is -4.95. The van der Waals surface area contributed by atoms with Crippen molar-refractivity contribution in [1.29, 1.82) is 0 Å². The molecule has 1 aromatic heterocycles. The number of halogens is 5. The van der Waals surface area contributed by atoms with Crippen LogP contribution in [0.15, 0.2) is 36.5 Å². The second-order valence-electron chi connectivity index (χ2n) is 6.10. The first kappa shape index (κ1) is 19.9. The maximum Gasteiger partial charge on any atom is 0.419 e. The van der Waals surface area contributed by atoms with Crippen LogP contribution in [0.3, 0.4) is 0 Å². The molecule has 3 rings (SSSR count). The van der Waals surface area contributed by atoms with Crippen molar-refractivity contribution < 1.29 is 27.2 Å². The predicted octanol–water partition coefficient (Wildman–Crippen LogP) is 2.86.